The van der Waals surface area contributed by atoms with Crippen LogP contribution in [0.25, 0.3) is 32.6 Å². The van der Waals surface area contributed by atoms with Crippen molar-refractivity contribution in [2.45, 2.75) is 0 Å². The van der Waals surface area contributed by atoms with Crippen molar-refractivity contribution >= 4 is 28.1 Å². The summed E-state index contributed by atoms with van der Waals surface area (Å²) in [5.74, 6) is 0.334. The topological polar surface area (TPSA) is 64.9 Å². The average molecular weight is 293 g/mol. The third-order valence-corrected chi connectivity index (χ3v) is 4.26. The number of pyridine rings is 1. The van der Waals surface area contributed by atoms with Gasteiger partial charge in [-0.1, -0.05) is 35.5 Å². The molecule has 4 rings (SSSR count). The predicted octanol–water partition coefficient (Wildman–Crippen LogP) is 4.20. The Bertz CT molecular complexity index is 907. The van der Waals surface area contributed by atoms with Crippen LogP contribution in [0.15, 0.2) is 58.6 Å². The summed E-state index contributed by atoms with van der Waals surface area (Å²) in [4.78, 5) is 5.51. The quantitative estimate of drug-likeness (QED) is 0.601. The van der Waals surface area contributed by atoms with E-state index in [1.165, 1.54) is 0 Å². The van der Waals surface area contributed by atoms with E-state index in [2.05, 4.69) is 10.1 Å². The van der Waals surface area contributed by atoms with Gasteiger partial charge in [-0.3, -0.25) is 4.98 Å². The summed E-state index contributed by atoms with van der Waals surface area (Å²) < 4.78 is 5.23. The lowest BCUT2D eigenvalue weighted by Crippen LogP contribution is -1.88. The van der Waals surface area contributed by atoms with E-state index < -0.39 is 0 Å². The number of aromatic nitrogens is 2. The zero-order valence-corrected chi connectivity index (χ0v) is 11.8. The molecule has 3 heterocycles. The maximum Gasteiger partial charge on any atom is 0.231 e. The number of hydrogen-bond donors (Lipinski definition) is 1. The molecule has 0 bridgehead atoms. The molecule has 0 fully saturated rings. The van der Waals surface area contributed by atoms with Gasteiger partial charge in [-0.15, -0.1) is 11.3 Å². The zero-order valence-electron chi connectivity index (χ0n) is 11.0. The minimum atomic E-state index is 0.334. The van der Waals surface area contributed by atoms with Crippen LogP contribution in [0.4, 0.5) is 5.88 Å². The molecular weight excluding hydrogens is 282 g/mol. The molecule has 0 atom stereocenters. The number of para-hydroxylation sites is 1. The van der Waals surface area contributed by atoms with E-state index in [-0.39, 0.29) is 0 Å². The van der Waals surface area contributed by atoms with Gasteiger partial charge in [0.15, 0.2) is 0 Å². The second kappa shape index (κ2) is 4.71. The van der Waals surface area contributed by atoms with Gasteiger partial charge in [-0.2, -0.15) is 0 Å². The van der Waals surface area contributed by atoms with Gasteiger partial charge >= 0.3 is 0 Å². The Morgan fingerprint density at radius 3 is 2.81 bits per heavy atom. The highest BCUT2D eigenvalue weighted by atomic mass is 32.1. The molecule has 4 aromatic rings. The molecule has 0 saturated carbocycles. The Kier molecular flexibility index (Phi) is 2.72. The van der Waals surface area contributed by atoms with Crippen LogP contribution in [0.5, 0.6) is 0 Å². The summed E-state index contributed by atoms with van der Waals surface area (Å²) in [7, 11) is 0. The summed E-state index contributed by atoms with van der Waals surface area (Å²) in [6, 6.07) is 13.9. The number of nitrogens with zero attached hydrogens (tertiary/aromatic N) is 2. The molecular formula is C16H11N3OS. The first-order chi connectivity index (χ1) is 10.3. The van der Waals surface area contributed by atoms with Crippen molar-refractivity contribution in [1.82, 2.24) is 10.1 Å². The van der Waals surface area contributed by atoms with Crippen molar-refractivity contribution < 1.29 is 4.52 Å². The average Bonchev–Trinajstić information content (AvgIpc) is 3.16. The van der Waals surface area contributed by atoms with Crippen LogP contribution in [0.3, 0.4) is 0 Å². The highest BCUT2D eigenvalue weighted by Crippen LogP contribution is 2.40. The summed E-state index contributed by atoms with van der Waals surface area (Å²) in [6.07, 6.45) is 1.78. The van der Waals surface area contributed by atoms with Gasteiger partial charge in [-0.05, 0) is 17.5 Å². The lowest BCUT2D eigenvalue weighted by molar-refractivity contribution is 0.439. The Morgan fingerprint density at radius 2 is 1.95 bits per heavy atom. The molecule has 21 heavy (non-hydrogen) atoms. The number of thiophene rings is 1. The summed E-state index contributed by atoms with van der Waals surface area (Å²) >= 11 is 1.61. The number of nitrogen functional groups attached to an aromatic ring is 1. The van der Waals surface area contributed by atoms with Crippen LogP contribution in [0, 0.1) is 0 Å². The van der Waals surface area contributed by atoms with Crippen molar-refractivity contribution in [2.75, 3.05) is 5.73 Å². The third kappa shape index (κ3) is 1.90. The van der Waals surface area contributed by atoms with Crippen molar-refractivity contribution in [2.24, 2.45) is 0 Å². The molecule has 0 unspecified atom stereocenters. The fourth-order valence-corrected chi connectivity index (χ4v) is 3.22. The highest BCUT2D eigenvalue weighted by Gasteiger charge is 2.20. The normalized spacial score (nSPS) is 11.0. The molecule has 5 heteroatoms. The van der Waals surface area contributed by atoms with Crippen LogP contribution in [-0.2, 0) is 0 Å². The number of anilines is 1. The van der Waals surface area contributed by atoms with Crippen molar-refractivity contribution in [3.05, 3.63) is 54.0 Å². The zero-order chi connectivity index (χ0) is 14.2. The van der Waals surface area contributed by atoms with E-state index in [9.17, 15) is 0 Å². The molecule has 4 nitrogen and oxygen atoms in total. The second-order valence-electron chi connectivity index (χ2n) is 4.63. The van der Waals surface area contributed by atoms with Gasteiger partial charge in [0, 0.05) is 22.0 Å². The van der Waals surface area contributed by atoms with Crippen molar-refractivity contribution in [3.8, 4) is 21.7 Å². The molecule has 0 radical (unpaired) electrons. The minimum absolute atomic E-state index is 0.334. The fourth-order valence-electron chi connectivity index (χ4n) is 2.44. The van der Waals surface area contributed by atoms with Gasteiger partial charge in [0.2, 0.25) is 5.88 Å². The van der Waals surface area contributed by atoms with E-state index in [4.69, 9.17) is 10.3 Å². The number of fused-ring (bicyclic) bond motifs is 1. The van der Waals surface area contributed by atoms with Crippen LogP contribution in [-0.4, -0.2) is 10.1 Å². The standard InChI is InChI=1S/C16H11N3OS/c17-16-13(12-7-3-9-21-12)15(19-20-16)11-6-1-4-10-5-2-8-18-14(10)11/h1-9H,17H2. The fraction of sp³-hybridized carbons (Fsp3) is 0. The third-order valence-electron chi connectivity index (χ3n) is 3.37. The second-order valence-corrected chi connectivity index (χ2v) is 5.58. The van der Waals surface area contributed by atoms with Gasteiger partial charge in [0.1, 0.15) is 5.69 Å². The molecule has 0 saturated heterocycles. The molecule has 0 aliphatic rings. The van der Waals surface area contributed by atoms with Crippen LogP contribution >= 0.6 is 11.3 Å². The minimum Gasteiger partial charge on any atom is -0.367 e. The SMILES string of the molecule is Nc1onc(-c2cccc3cccnc23)c1-c1cccs1. The van der Waals surface area contributed by atoms with Gasteiger partial charge in [-0.25, -0.2) is 0 Å². The molecule has 0 aliphatic heterocycles. The van der Waals surface area contributed by atoms with Crippen LogP contribution in [0.2, 0.25) is 0 Å². The largest absolute Gasteiger partial charge is 0.367 e. The maximum absolute atomic E-state index is 5.97. The lowest BCUT2D eigenvalue weighted by atomic mass is 10.0. The van der Waals surface area contributed by atoms with E-state index in [1.54, 1.807) is 17.5 Å². The van der Waals surface area contributed by atoms with E-state index >= 15 is 0 Å². The Balaban J connectivity index is 2.03. The van der Waals surface area contributed by atoms with Crippen LogP contribution in [0.1, 0.15) is 0 Å². The Hall–Kier alpha value is -2.66. The summed E-state index contributed by atoms with van der Waals surface area (Å²) in [5.41, 5.74) is 9.37. The van der Waals surface area contributed by atoms with Crippen LogP contribution < -0.4 is 5.73 Å². The molecule has 3 aromatic heterocycles. The first kappa shape index (κ1) is 12.1. The van der Waals surface area contributed by atoms with Crippen molar-refractivity contribution in [1.29, 1.82) is 0 Å². The predicted molar refractivity (Wildman–Crippen MR) is 85.0 cm³/mol. The van der Waals surface area contributed by atoms with Gasteiger partial charge < -0.3 is 10.3 Å². The molecule has 0 aliphatic carbocycles. The van der Waals surface area contributed by atoms with E-state index in [1.807, 2.05) is 47.8 Å². The monoisotopic (exact) mass is 293 g/mol. The summed E-state index contributed by atoms with van der Waals surface area (Å²) in [6.45, 7) is 0. The molecule has 2 N–H and O–H groups in total. The molecule has 1 aromatic carbocycles. The number of hydrogen-bond acceptors (Lipinski definition) is 5. The molecule has 0 amide bonds. The highest BCUT2D eigenvalue weighted by molar-refractivity contribution is 7.13. The summed E-state index contributed by atoms with van der Waals surface area (Å²) in [5, 5.41) is 7.23. The molecule has 0 spiro atoms. The first-order valence-corrected chi connectivity index (χ1v) is 7.35. The van der Waals surface area contributed by atoms with Gasteiger partial charge in [0.25, 0.3) is 0 Å². The maximum atomic E-state index is 5.97. The number of benzene rings is 1. The lowest BCUT2D eigenvalue weighted by Gasteiger charge is -2.04. The smallest absolute Gasteiger partial charge is 0.231 e. The first-order valence-electron chi connectivity index (χ1n) is 6.48. The number of rotatable bonds is 2. The van der Waals surface area contributed by atoms with Gasteiger partial charge in [0.05, 0.1) is 11.1 Å². The number of nitrogens with two attached hydrogens (primary N) is 1. The van der Waals surface area contributed by atoms with Crippen molar-refractivity contribution in [3.63, 3.8) is 0 Å². The molecule has 102 valence electrons. The Labute approximate surface area is 124 Å². The van der Waals surface area contributed by atoms with E-state index in [0.29, 0.717) is 5.88 Å². The van der Waals surface area contributed by atoms with E-state index in [0.717, 1.165) is 32.6 Å². The Morgan fingerprint density at radius 1 is 1.05 bits per heavy atom.